The molecule has 2 unspecified atom stereocenters. The molecule has 0 fully saturated rings. The maximum Gasteiger partial charge on any atom is 0.108 e. The van der Waals surface area contributed by atoms with Crippen molar-refractivity contribution >= 4 is 0 Å². The first-order valence-corrected chi connectivity index (χ1v) is 4.85. The molecule has 0 spiro atoms. The normalized spacial score (nSPS) is 15.7. The average molecular weight is 182 g/mol. The standard InChI is InChI=1S/C10H18N2O/c1-4-10-11-5-6-12(10)8(2)7-9(3)13/h5-6,8-9,13H,4,7H2,1-3H3. The Hall–Kier alpha value is -0.830. The van der Waals surface area contributed by atoms with E-state index in [2.05, 4.69) is 23.4 Å². The lowest BCUT2D eigenvalue weighted by Gasteiger charge is -2.17. The smallest absolute Gasteiger partial charge is 0.108 e. The van der Waals surface area contributed by atoms with Gasteiger partial charge in [-0.2, -0.15) is 0 Å². The molecule has 0 aliphatic heterocycles. The van der Waals surface area contributed by atoms with Gasteiger partial charge in [-0.1, -0.05) is 6.92 Å². The summed E-state index contributed by atoms with van der Waals surface area (Å²) in [6.07, 6.45) is 5.27. The predicted octanol–water partition coefficient (Wildman–Crippen LogP) is 1.78. The fraction of sp³-hybridized carbons (Fsp3) is 0.700. The van der Waals surface area contributed by atoms with Crippen LogP contribution in [-0.4, -0.2) is 20.8 Å². The Kier molecular flexibility index (Phi) is 3.48. The zero-order valence-corrected chi connectivity index (χ0v) is 8.57. The molecule has 13 heavy (non-hydrogen) atoms. The molecule has 1 N–H and O–H groups in total. The summed E-state index contributed by atoms with van der Waals surface area (Å²) in [7, 11) is 0. The van der Waals surface area contributed by atoms with Crippen LogP contribution in [0, 0.1) is 0 Å². The minimum Gasteiger partial charge on any atom is -0.393 e. The Bertz CT molecular complexity index is 255. The van der Waals surface area contributed by atoms with Gasteiger partial charge in [0.2, 0.25) is 0 Å². The highest BCUT2D eigenvalue weighted by Crippen LogP contribution is 2.15. The summed E-state index contributed by atoms with van der Waals surface area (Å²) in [6.45, 7) is 6.01. The van der Waals surface area contributed by atoms with E-state index in [0.29, 0.717) is 6.04 Å². The van der Waals surface area contributed by atoms with Crippen LogP contribution in [0.5, 0.6) is 0 Å². The molecule has 74 valence electrons. The lowest BCUT2D eigenvalue weighted by Crippen LogP contribution is -2.13. The van der Waals surface area contributed by atoms with Crippen molar-refractivity contribution in [2.24, 2.45) is 0 Å². The van der Waals surface area contributed by atoms with Gasteiger partial charge in [-0.3, -0.25) is 0 Å². The highest BCUT2D eigenvalue weighted by atomic mass is 16.3. The van der Waals surface area contributed by atoms with Crippen LogP contribution in [0.15, 0.2) is 12.4 Å². The van der Waals surface area contributed by atoms with Crippen molar-refractivity contribution < 1.29 is 5.11 Å². The molecule has 0 aromatic carbocycles. The van der Waals surface area contributed by atoms with Gasteiger partial charge in [-0.05, 0) is 20.3 Å². The van der Waals surface area contributed by atoms with E-state index in [0.717, 1.165) is 18.7 Å². The third kappa shape index (κ3) is 2.56. The molecule has 0 amide bonds. The van der Waals surface area contributed by atoms with E-state index in [-0.39, 0.29) is 6.10 Å². The monoisotopic (exact) mass is 182 g/mol. The zero-order chi connectivity index (χ0) is 9.84. The van der Waals surface area contributed by atoms with Gasteiger partial charge in [0, 0.05) is 24.9 Å². The Balaban J connectivity index is 2.69. The lowest BCUT2D eigenvalue weighted by molar-refractivity contribution is 0.164. The van der Waals surface area contributed by atoms with Crippen LogP contribution >= 0.6 is 0 Å². The highest BCUT2D eigenvalue weighted by Gasteiger charge is 2.10. The van der Waals surface area contributed by atoms with Crippen LogP contribution in [0.4, 0.5) is 0 Å². The second kappa shape index (κ2) is 4.42. The van der Waals surface area contributed by atoms with Gasteiger partial charge in [-0.15, -0.1) is 0 Å². The molecular weight excluding hydrogens is 164 g/mol. The molecule has 1 aromatic rings. The van der Waals surface area contributed by atoms with Crippen molar-refractivity contribution in [3.63, 3.8) is 0 Å². The van der Waals surface area contributed by atoms with Gasteiger partial charge < -0.3 is 9.67 Å². The Morgan fingerprint density at radius 3 is 2.77 bits per heavy atom. The number of hydrogen-bond acceptors (Lipinski definition) is 2. The summed E-state index contributed by atoms with van der Waals surface area (Å²) < 4.78 is 2.13. The number of aliphatic hydroxyl groups excluding tert-OH is 1. The van der Waals surface area contributed by atoms with Crippen molar-refractivity contribution in [1.82, 2.24) is 9.55 Å². The number of imidazole rings is 1. The largest absolute Gasteiger partial charge is 0.393 e. The predicted molar refractivity (Wildman–Crippen MR) is 52.6 cm³/mol. The first-order valence-electron chi connectivity index (χ1n) is 4.85. The van der Waals surface area contributed by atoms with E-state index >= 15 is 0 Å². The molecule has 3 heteroatoms. The number of aromatic nitrogens is 2. The van der Waals surface area contributed by atoms with Crippen LogP contribution in [0.25, 0.3) is 0 Å². The molecule has 0 saturated carbocycles. The molecule has 0 saturated heterocycles. The average Bonchev–Trinajstić information content (AvgIpc) is 2.49. The molecule has 1 heterocycles. The third-order valence-corrected chi connectivity index (χ3v) is 2.22. The summed E-state index contributed by atoms with van der Waals surface area (Å²) in [6, 6.07) is 0.331. The molecule has 2 atom stereocenters. The van der Waals surface area contributed by atoms with E-state index in [1.165, 1.54) is 0 Å². The number of nitrogens with zero attached hydrogens (tertiary/aromatic N) is 2. The minimum absolute atomic E-state index is 0.248. The Morgan fingerprint density at radius 1 is 1.54 bits per heavy atom. The number of rotatable bonds is 4. The van der Waals surface area contributed by atoms with E-state index in [4.69, 9.17) is 0 Å². The minimum atomic E-state index is -0.248. The molecule has 0 bridgehead atoms. The van der Waals surface area contributed by atoms with E-state index < -0.39 is 0 Å². The summed E-state index contributed by atoms with van der Waals surface area (Å²) in [5, 5.41) is 9.25. The van der Waals surface area contributed by atoms with Gasteiger partial charge in [0.15, 0.2) is 0 Å². The third-order valence-electron chi connectivity index (χ3n) is 2.22. The quantitative estimate of drug-likeness (QED) is 0.770. The van der Waals surface area contributed by atoms with E-state index in [1.807, 2.05) is 19.3 Å². The number of hydrogen-bond donors (Lipinski definition) is 1. The Morgan fingerprint density at radius 2 is 2.23 bits per heavy atom. The van der Waals surface area contributed by atoms with E-state index in [1.54, 1.807) is 0 Å². The van der Waals surface area contributed by atoms with Crippen LogP contribution in [-0.2, 0) is 6.42 Å². The molecule has 0 aliphatic rings. The van der Waals surface area contributed by atoms with Gasteiger partial charge in [-0.25, -0.2) is 4.98 Å². The first kappa shape index (κ1) is 10.3. The summed E-state index contributed by atoms with van der Waals surface area (Å²) in [5.41, 5.74) is 0. The Labute approximate surface area is 79.4 Å². The van der Waals surface area contributed by atoms with Gasteiger partial charge in [0.05, 0.1) is 6.10 Å². The van der Waals surface area contributed by atoms with Crippen molar-refractivity contribution in [2.45, 2.75) is 45.8 Å². The fourth-order valence-electron chi connectivity index (χ4n) is 1.63. The van der Waals surface area contributed by atoms with Crippen molar-refractivity contribution in [3.8, 4) is 0 Å². The number of aliphatic hydroxyl groups is 1. The molecule has 0 radical (unpaired) electrons. The van der Waals surface area contributed by atoms with E-state index in [9.17, 15) is 5.11 Å². The molecular formula is C10H18N2O. The molecule has 1 aromatic heterocycles. The second-order valence-electron chi connectivity index (χ2n) is 3.54. The summed E-state index contributed by atoms with van der Waals surface area (Å²) >= 11 is 0. The highest BCUT2D eigenvalue weighted by molar-refractivity contribution is 4.94. The zero-order valence-electron chi connectivity index (χ0n) is 8.57. The summed E-state index contributed by atoms with van der Waals surface area (Å²) in [4.78, 5) is 4.24. The van der Waals surface area contributed by atoms with Crippen LogP contribution in [0.1, 0.15) is 39.1 Å². The fourth-order valence-corrected chi connectivity index (χ4v) is 1.63. The molecule has 1 rings (SSSR count). The molecule has 0 aliphatic carbocycles. The van der Waals surface area contributed by atoms with Crippen LogP contribution in [0.2, 0.25) is 0 Å². The van der Waals surface area contributed by atoms with Gasteiger partial charge >= 0.3 is 0 Å². The number of aryl methyl sites for hydroxylation is 1. The van der Waals surface area contributed by atoms with Crippen LogP contribution in [0.3, 0.4) is 0 Å². The summed E-state index contributed by atoms with van der Waals surface area (Å²) in [5.74, 6) is 1.09. The maximum absolute atomic E-state index is 9.25. The van der Waals surface area contributed by atoms with Crippen molar-refractivity contribution in [2.75, 3.05) is 0 Å². The van der Waals surface area contributed by atoms with Crippen molar-refractivity contribution in [3.05, 3.63) is 18.2 Å². The first-order chi connectivity index (χ1) is 6.15. The lowest BCUT2D eigenvalue weighted by atomic mass is 10.1. The van der Waals surface area contributed by atoms with Gasteiger partial charge in [0.25, 0.3) is 0 Å². The second-order valence-corrected chi connectivity index (χ2v) is 3.54. The molecule has 3 nitrogen and oxygen atoms in total. The SMILES string of the molecule is CCc1nccn1C(C)CC(C)O. The van der Waals surface area contributed by atoms with Crippen molar-refractivity contribution in [1.29, 1.82) is 0 Å². The topological polar surface area (TPSA) is 38.0 Å². The van der Waals surface area contributed by atoms with Gasteiger partial charge in [0.1, 0.15) is 5.82 Å². The maximum atomic E-state index is 9.25. The van der Waals surface area contributed by atoms with Crippen LogP contribution < -0.4 is 0 Å².